The van der Waals surface area contributed by atoms with Crippen molar-refractivity contribution in [3.8, 4) is 23.0 Å². The van der Waals surface area contributed by atoms with E-state index in [-0.39, 0.29) is 25.6 Å². The summed E-state index contributed by atoms with van der Waals surface area (Å²) in [6.07, 6.45) is -1.65. The zero-order valence-corrected chi connectivity index (χ0v) is 22.4. The maximum absolute atomic E-state index is 13.1. The minimum atomic E-state index is -1.34. The lowest BCUT2D eigenvalue weighted by atomic mass is 9.98. The minimum absolute atomic E-state index is 0.0158. The number of carboxylic acids is 1. The predicted molar refractivity (Wildman–Crippen MR) is 150 cm³/mol. The van der Waals surface area contributed by atoms with Crippen LogP contribution in [0.1, 0.15) is 42.9 Å². The van der Waals surface area contributed by atoms with Crippen LogP contribution >= 0.6 is 0 Å². The topological polar surface area (TPSA) is 114 Å². The van der Waals surface area contributed by atoms with E-state index >= 15 is 0 Å². The van der Waals surface area contributed by atoms with Gasteiger partial charge in [-0.05, 0) is 41.7 Å². The molecule has 0 aromatic heterocycles. The van der Waals surface area contributed by atoms with Gasteiger partial charge in [0.2, 0.25) is 5.91 Å². The van der Waals surface area contributed by atoms with Gasteiger partial charge in [-0.2, -0.15) is 0 Å². The van der Waals surface area contributed by atoms with Crippen LogP contribution in [0.15, 0.2) is 78.9 Å². The second kappa shape index (κ2) is 13.5. The lowest BCUT2D eigenvalue weighted by Crippen LogP contribution is -2.55. The van der Waals surface area contributed by atoms with Crippen molar-refractivity contribution in [1.29, 1.82) is 0 Å². The number of carboxylic acid groups (broad SMARTS) is 1. The molecule has 4 rings (SSSR count). The third-order valence-electron chi connectivity index (χ3n) is 6.82. The fourth-order valence-electron chi connectivity index (χ4n) is 4.73. The van der Waals surface area contributed by atoms with Crippen molar-refractivity contribution in [3.05, 3.63) is 95.6 Å². The van der Waals surface area contributed by atoms with Gasteiger partial charge in [0.1, 0.15) is 12.6 Å². The molecule has 0 saturated heterocycles. The molecule has 3 aromatic rings. The molecule has 0 fully saturated rings. The number of ether oxygens (including phenoxy) is 2. The minimum Gasteiger partial charge on any atom is -0.480 e. The van der Waals surface area contributed by atoms with Crippen molar-refractivity contribution in [2.45, 2.75) is 51.0 Å². The SMILES string of the molecule is CC#CCC(NC(=O)OCC1c2ccccc2-c2ccccc21)C(=O)N[C@H](C(=O)O)[C@@H](C)OCc1ccccc1. The molecule has 3 aromatic carbocycles. The number of benzene rings is 3. The van der Waals surface area contributed by atoms with Gasteiger partial charge in [-0.1, -0.05) is 78.9 Å². The Morgan fingerprint density at radius 2 is 1.50 bits per heavy atom. The predicted octanol–water partition coefficient (Wildman–Crippen LogP) is 4.48. The Morgan fingerprint density at radius 1 is 0.900 bits per heavy atom. The number of carbonyl (C=O) groups excluding carboxylic acids is 2. The van der Waals surface area contributed by atoms with Crippen LogP contribution in [0.25, 0.3) is 11.1 Å². The Bertz CT molecular complexity index is 1370. The Hall–Kier alpha value is -4.61. The van der Waals surface area contributed by atoms with Gasteiger partial charge in [-0.15, -0.1) is 11.8 Å². The molecule has 8 nitrogen and oxygen atoms in total. The first kappa shape index (κ1) is 28.4. The van der Waals surface area contributed by atoms with E-state index in [0.29, 0.717) is 0 Å². The largest absolute Gasteiger partial charge is 0.480 e. The van der Waals surface area contributed by atoms with Gasteiger partial charge in [-0.3, -0.25) is 4.79 Å². The van der Waals surface area contributed by atoms with E-state index in [1.807, 2.05) is 78.9 Å². The number of carbonyl (C=O) groups is 3. The monoisotopic (exact) mass is 540 g/mol. The fraction of sp³-hybridized carbons (Fsp3) is 0.281. The first-order valence-electron chi connectivity index (χ1n) is 13.1. The van der Waals surface area contributed by atoms with Crippen molar-refractivity contribution in [2.75, 3.05) is 6.61 Å². The van der Waals surface area contributed by atoms with Crippen molar-refractivity contribution in [2.24, 2.45) is 0 Å². The highest BCUT2D eigenvalue weighted by Gasteiger charge is 2.32. The van der Waals surface area contributed by atoms with Crippen LogP contribution < -0.4 is 10.6 Å². The van der Waals surface area contributed by atoms with Crippen LogP contribution in [0.3, 0.4) is 0 Å². The summed E-state index contributed by atoms with van der Waals surface area (Å²) < 4.78 is 11.3. The van der Waals surface area contributed by atoms with E-state index in [2.05, 4.69) is 22.5 Å². The molecule has 0 saturated carbocycles. The summed E-state index contributed by atoms with van der Waals surface area (Å²) in [6.45, 7) is 3.45. The number of amides is 2. The van der Waals surface area contributed by atoms with Gasteiger partial charge in [-0.25, -0.2) is 9.59 Å². The standard InChI is InChI=1S/C32H32N2O6/c1-3-4-18-28(30(35)34-29(31(36)37)21(2)39-19-22-12-6-5-7-13-22)33-32(38)40-20-27-25-16-10-8-14-23(25)24-15-9-11-17-26(24)27/h5-17,21,27-29H,18-20H2,1-2H3,(H,33,38)(H,34,35)(H,36,37)/t21-,28?,29+/m1/s1. The molecular weight excluding hydrogens is 508 g/mol. The molecule has 1 aliphatic rings. The van der Waals surface area contributed by atoms with Crippen LogP contribution in [0.4, 0.5) is 4.79 Å². The van der Waals surface area contributed by atoms with Gasteiger partial charge in [0, 0.05) is 12.3 Å². The zero-order valence-electron chi connectivity index (χ0n) is 22.4. The molecule has 1 unspecified atom stereocenters. The second-order valence-corrected chi connectivity index (χ2v) is 9.48. The molecule has 3 N–H and O–H groups in total. The Labute approximate surface area is 233 Å². The average molecular weight is 541 g/mol. The summed E-state index contributed by atoms with van der Waals surface area (Å²) in [7, 11) is 0. The van der Waals surface area contributed by atoms with Gasteiger partial charge >= 0.3 is 12.1 Å². The van der Waals surface area contributed by atoms with Crippen LogP contribution in [0, 0.1) is 11.8 Å². The number of fused-ring (bicyclic) bond motifs is 3. The third kappa shape index (κ3) is 6.87. The lowest BCUT2D eigenvalue weighted by Gasteiger charge is -2.24. The number of rotatable bonds is 11. The first-order chi connectivity index (χ1) is 19.4. The van der Waals surface area contributed by atoms with Crippen LogP contribution in [-0.2, 0) is 25.7 Å². The molecule has 0 spiro atoms. The number of hydrogen-bond acceptors (Lipinski definition) is 5. The Morgan fingerprint density at radius 3 is 2.10 bits per heavy atom. The zero-order chi connectivity index (χ0) is 28.5. The highest BCUT2D eigenvalue weighted by Crippen LogP contribution is 2.44. The normalized spacial score (nSPS) is 13.9. The summed E-state index contributed by atoms with van der Waals surface area (Å²) >= 11 is 0. The van der Waals surface area contributed by atoms with Crippen LogP contribution in [-0.4, -0.2) is 47.9 Å². The van der Waals surface area contributed by atoms with Gasteiger partial charge in [0.05, 0.1) is 12.7 Å². The third-order valence-corrected chi connectivity index (χ3v) is 6.82. The smallest absolute Gasteiger partial charge is 0.407 e. The van der Waals surface area contributed by atoms with Crippen molar-refractivity contribution in [1.82, 2.24) is 10.6 Å². The van der Waals surface area contributed by atoms with Gasteiger partial charge in [0.15, 0.2) is 6.04 Å². The number of hydrogen-bond donors (Lipinski definition) is 3. The number of alkyl carbamates (subject to hydrolysis) is 1. The quantitative estimate of drug-likeness (QED) is 0.309. The van der Waals surface area contributed by atoms with E-state index in [1.54, 1.807) is 13.8 Å². The molecule has 0 radical (unpaired) electrons. The number of nitrogens with one attached hydrogen (secondary N) is 2. The summed E-state index contributed by atoms with van der Waals surface area (Å²) in [5.41, 5.74) is 5.21. The fourth-order valence-corrected chi connectivity index (χ4v) is 4.73. The van der Waals surface area contributed by atoms with Crippen LogP contribution in [0.5, 0.6) is 0 Å². The van der Waals surface area contributed by atoms with Crippen molar-refractivity contribution < 1.29 is 29.0 Å². The van der Waals surface area contributed by atoms with E-state index in [0.717, 1.165) is 27.8 Å². The highest BCUT2D eigenvalue weighted by molar-refractivity contribution is 5.89. The molecule has 40 heavy (non-hydrogen) atoms. The van der Waals surface area contributed by atoms with E-state index in [9.17, 15) is 19.5 Å². The summed E-state index contributed by atoms with van der Waals surface area (Å²) in [5, 5.41) is 14.8. The molecule has 0 bridgehead atoms. The van der Waals surface area contributed by atoms with Crippen molar-refractivity contribution in [3.63, 3.8) is 0 Å². The number of aliphatic carboxylic acids is 1. The molecule has 0 heterocycles. The Balaban J connectivity index is 1.38. The lowest BCUT2D eigenvalue weighted by molar-refractivity contribution is -0.146. The van der Waals surface area contributed by atoms with Crippen molar-refractivity contribution >= 4 is 18.0 Å². The van der Waals surface area contributed by atoms with Gasteiger partial charge in [0.25, 0.3) is 0 Å². The molecule has 206 valence electrons. The molecule has 1 aliphatic carbocycles. The van der Waals surface area contributed by atoms with Crippen LogP contribution in [0.2, 0.25) is 0 Å². The second-order valence-electron chi connectivity index (χ2n) is 9.48. The molecule has 0 aliphatic heterocycles. The molecule has 2 amide bonds. The summed E-state index contributed by atoms with van der Waals surface area (Å²) in [6, 6.07) is 22.8. The molecular formula is C32H32N2O6. The van der Waals surface area contributed by atoms with Gasteiger partial charge < -0.3 is 25.2 Å². The first-order valence-corrected chi connectivity index (χ1v) is 13.1. The van der Waals surface area contributed by atoms with E-state index < -0.39 is 36.2 Å². The maximum Gasteiger partial charge on any atom is 0.407 e. The van der Waals surface area contributed by atoms with E-state index in [1.165, 1.54) is 0 Å². The molecule has 3 atom stereocenters. The summed E-state index contributed by atoms with van der Waals surface area (Å²) in [5.74, 6) is 3.39. The Kier molecular flexibility index (Phi) is 9.55. The average Bonchev–Trinajstić information content (AvgIpc) is 3.29. The molecule has 8 heteroatoms. The summed E-state index contributed by atoms with van der Waals surface area (Å²) in [4.78, 5) is 37.9. The maximum atomic E-state index is 13.1. The highest BCUT2D eigenvalue weighted by atomic mass is 16.5. The van der Waals surface area contributed by atoms with E-state index in [4.69, 9.17) is 9.47 Å².